The van der Waals surface area contributed by atoms with Crippen molar-refractivity contribution in [2.75, 3.05) is 13.2 Å². The van der Waals surface area contributed by atoms with Crippen LogP contribution in [0.4, 0.5) is 0 Å². The lowest BCUT2D eigenvalue weighted by atomic mass is 10.1. The molecule has 0 aliphatic carbocycles. The lowest BCUT2D eigenvalue weighted by molar-refractivity contribution is 0.224. The first kappa shape index (κ1) is 15.9. The van der Waals surface area contributed by atoms with Crippen LogP contribution in [0.5, 0.6) is 0 Å². The molecule has 0 aromatic rings. The highest BCUT2D eigenvalue weighted by Gasteiger charge is 2.08. The molecule has 0 aromatic heterocycles. The molecule has 0 saturated carbocycles. The molecular formula is C13H27O2Si. The third kappa shape index (κ3) is 10.4. The van der Waals surface area contributed by atoms with Gasteiger partial charge < -0.3 is 8.85 Å². The fourth-order valence-electron chi connectivity index (χ4n) is 1.47. The van der Waals surface area contributed by atoms with E-state index in [1.54, 1.807) is 0 Å². The van der Waals surface area contributed by atoms with Gasteiger partial charge in [-0.2, -0.15) is 0 Å². The predicted octanol–water partition coefficient (Wildman–Crippen LogP) is 4.00. The van der Waals surface area contributed by atoms with E-state index in [0.29, 0.717) is 0 Å². The molecule has 0 atom stereocenters. The highest BCUT2D eigenvalue weighted by molar-refractivity contribution is 6.50. The van der Waals surface area contributed by atoms with E-state index in [1.165, 1.54) is 32.1 Å². The van der Waals surface area contributed by atoms with Crippen molar-refractivity contribution in [1.82, 2.24) is 0 Å². The fourth-order valence-corrected chi connectivity index (χ4v) is 2.67. The average Bonchev–Trinajstić information content (AvgIpc) is 2.28. The summed E-state index contributed by atoms with van der Waals surface area (Å²) in [4.78, 5) is 0. The van der Waals surface area contributed by atoms with Crippen molar-refractivity contribution < 1.29 is 8.85 Å². The largest absolute Gasteiger partial charge is 0.415 e. The van der Waals surface area contributed by atoms with Gasteiger partial charge in [0.2, 0.25) is 0 Å². The van der Waals surface area contributed by atoms with Crippen LogP contribution in [0.25, 0.3) is 0 Å². The van der Waals surface area contributed by atoms with Crippen LogP contribution in [0.1, 0.15) is 59.3 Å². The Morgan fingerprint density at radius 2 is 1.50 bits per heavy atom. The first-order valence-electron chi connectivity index (χ1n) is 6.64. The van der Waals surface area contributed by atoms with E-state index in [4.69, 9.17) is 8.85 Å². The van der Waals surface area contributed by atoms with Crippen molar-refractivity contribution in [2.45, 2.75) is 59.3 Å². The third-order valence-corrected chi connectivity index (χ3v) is 3.96. The number of allylic oxidation sites excluding steroid dienone is 1. The summed E-state index contributed by atoms with van der Waals surface area (Å²) in [5, 5.41) is 0. The van der Waals surface area contributed by atoms with Crippen LogP contribution in [0.2, 0.25) is 0 Å². The van der Waals surface area contributed by atoms with E-state index < -0.39 is 9.28 Å². The van der Waals surface area contributed by atoms with Gasteiger partial charge >= 0.3 is 9.28 Å². The molecule has 0 heterocycles. The monoisotopic (exact) mass is 243 g/mol. The second kappa shape index (κ2) is 12.9. The van der Waals surface area contributed by atoms with Gasteiger partial charge in [0.25, 0.3) is 0 Å². The van der Waals surface area contributed by atoms with Crippen molar-refractivity contribution in [3.63, 3.8) is 0 Å². The van der Waals surface area contributed by atoms with Gasteiger partial charge in [0.05, 0.1) is 0 Å². The van der Waals surface area contributed by atoms with Gasteiger partial charge in [-0.15, -0.1) is 0 Å². The van der Waals surface area contributed by atoms with E-state index in [2.05, 4.69) is 18.7 Å². The fraction of sp³-hybridized carbons (Fsp3) is 0.846. The Hall–Kier alpha value is -0.123. The lowest BCUT2D eigenvalue weighted by Crippen LogP contribution is -2.20. The zero-order valence-electron chi connectivity index (χ0n) is 11.1. The molecule has 0 amide bonds. The van der Waals surface area contributed by atoms with Gasteiger partial charge in [-0.25, -0.2) is 0 Å². The number of rotatable bonds is 11. The minimum Gasteiger partial charge on any atom is -0.391 e. The number of hydrogen-bond acceptors (Lipinski definition) is 2. The Morgan fingerprint density at radius 3 is 2.06 bits per heavy atom. The zero-order chi connectivity index (χ0) is 12.1. The van der Waals surface area contributed by atoms with Gasteiger partial charge in [0.15, 0.2) is 0 Å². The Labute approximate surface area is 103 Å². The summed E-state index contributed by atoms with van der Waals surface area (Å²) in [6.45, 7) is 7.77. The molecule has 0 bridgehead atoms. The molecule has 0 aliphatic heterocycles. The standard InChI is InChI=1S/C13H27O2Si/c1-4-7-8-9-10-11-12-13-16(14-5-2)15-6-3/h12-13H,4-11H2,1-3H3/b13-12+. The first-order valence-corrected chi connectivity index (χ1v) is 8.03. The van der Waals surface area contributed by atoms with Crippen LogP contribution < -0.4 is 0 Å². The lowest BCUT2D eigenvalue weighted by Gasteiger charge is -2.08. The van der Waals surface area contributed by atoms with Crippen LogP contribution in [-0.2, 0) is 8.85 Å². The summed E-state index contributed by atoms with van der Waals surface area (Å²) in [5.41, 5.74) is 2.14. The van der Waals surface area contributed by atoms with Crippen molar-refractivity contribution >= 4 is 9.28 Å². The second-order valence-corrected chi connectivity index (χ2v) is 5.34. The van der Waals surface area contributed by atoms with Gasteiger partial charge in [0.1, 0.15) is 0 Å². The molecule has 0 unspecified atom stereocenters. The van der Waals surface area contributed by atoms with Crippen LogP contribution >= 0.6 is 0 Å². The van der Waals surface area contributed by atoms with Crippen molar-refractivity contribution in [2.24, 2.45) is 0 Å². The van der Waals surface area contributed by atoms with E-state index in [0.717, 1.165) is 19.6 Å². The Balaban J connectivity index is 3.46. The van der Waals surface area contributed by atoms with Crippen LogP contribution in [0, 0.1) is 0 Å². The number of unbranched alkanes of at least 4 members (excludes halogenated alkanes) is 5. The molecule has 0 saturated heterocycles. The molecule has 2 nitrogen and oxygen atoms in total. The molecule has 0 N–H and O–H groups in total. The molecule has 0 aliphatic rings. The maximum absolute atomic E-state index is 5.52. The topological polar surface area (TPSA) is 18.5 Å². The van der Waals surface area contributed by atoms with Gasteiger partial charge in [-0.3, -0.25) is 0 Å². The summed E-state index contributed by atoms with van der Waals surface area (Å²) in [5.74, 6) is 0. The molecule has 3 heteroatoms. The van der Waals surface area contributed by atoms with Crippen LogP contribution in [0.15, 0.2) is 11.8 Å². The molecule has 0 rings (SSSR count). The van der Waals surface area contributed by atoms with Gasteiger partial charge in [-0.1, -0.05) is 38.7 Å². The van der Waals surface area contributed by atoms with E-state index >= 15 is 0 Å². The maximum Gasteiger partial charge on any atom is 0.415 e. The minimum absolute atomic E-state index is 0.745. The molecule has 16 heavy (non-hydrogen) atoms. The smallest absolute Gasteiger partial charge is 0.391 e. The summed E-state index contributed by atoms with van der Waals surface area (Å²) >= 11 is 0. The highest BCUT2D eigenvalue weighted by atomic mass is 28.3. The molecule has 1 radical (unpaired) electrons. The molecule has 0 aromatic carbocycles. The van der Waals surface area contributed by atoms with Crippen molar-refractivity contribution in [3.8, 4) is 0 Å². The maximum atomic E-state index is 5.52. The first-order chi connectivity index (χ1) is 7.85. The Kier molecular flexibility index (Phi) is 12.8. The molecule has 0 fully saturated rings. The number of hydrogen-bond donors (Lipinski definition) is 0. The highest BCUT2D eigenvalue weighted by Crippen LogP contribution is 2.05. The molecule has 0 spiro atoms. The zero-order valence-corrected chi connectivity index (χ0v) is 12.1. The molecule has 95 valence electrons. The summed E-state index contributed by atoms with van der Waals surface area (Å²) in [6.07, 6.45) is 10.1. The average molecular weight is 243 g/mol. The van der Waals surface area contributed by atoms with Crippen LogP contribution in [-0.4, -0.2) is 22.5 Å². The Bertz CT molecular complexity index is 154. The summed E-state index contributed by atoms with van der Waals surface area (Å²) in [6, 6.07) is 0. The summed E-state index contributed by atoms with van der Waals surface area (Å²) < 4.78 is 11.0. The quantitative estimate of drug-likeness (QED) is 0.403. The van der Waals surface area contributed by atoms with E-state index in [1.807, 2.05) is 13.8 Å². The molecular weight excluding hydrogens is 216 g/mol. The van der Waals surface area contributed by atoms with Crippen molar-refractivity contribution in [1.29, 1.82) is 0 Å². The van der Waals surface area contributed by atoms with Gasteiger partial charge in [0, 0.05) is 13.2 Å². The second-order valence-electron chi connectivity index (χ2n) is 3.79. The third-order valence-electron chi connectivity index (χ3n) is 2.30. The van der Waals surface area contributed by atoms with E-state index in [-0.39, 0.29) is 0 Å². The predicted molar refractivity (Wildman–Crippen MR) is 71.5 cm³/mol. The van der Waals surface area contributed by atoms with Crippen molar-refractivity contribution in [3.05, 3.63) is 11.8 Å². The normalized spacial score (nSPS) is 11.8. The minimum atomic E-state index is -1.12. The summed E-state index contributed by atoms with van der Waals surface area (Å²) in [7, 11) is -1.12. The van der Waals surface area contributed by atoms with Crippen LogP contribution in [0.3, 0.4) is 0 Å². The Morgan fingerprint density at radius 1 is 0.875 bits per heavy atom. The van der Waals surface area contributed by atoms with Gasteiger partial charge in [-0.05, 0) is 32.4 Å². The van der Waals surface area contributed by atoms with E-state index in [9.17, 15) is 0 Å². The SMILES string of the molecule is CCCCCCC/C=C/[Si](OCC)OCC.